The molecule has 172 valence electrons. The molecule has 2 aromatic carbocycles. The van der Waals surface area contributed by atoms with Crippen molar-refractivity contribution in [1.29, 1.82) is 0 Å². The number of nitrogens with zero attached hydrogens (tertiary/aromatic N) is 4. The van der Waals surface area contributed by atoms with E-state index in [0.29, 0.717) is 16.2 Å². The quantitative estimate of drug-likeness (QED) is 0.391. The maximum absolute atomic E-state index is 12.8. The topological polar surface area (TPSA) is 78.7 Å². The van der Waals surface area contributed by atoms with Crippen molar-refractivity contribution in [3.05, 3.63) is 117 Å². The van der Waals surface area contributed by atoms with Gasteiger partial charge < -0.3 is 14.9 Å². The first-order valence-electron chi connectivity index (χ1n) is 10.9. The van der Waals surface area contributed by atoms with E-state index in [9.17, 15) is 4.79 Å². The maximum atomic E-state index is 12.8. The second-order valence-electron chi connectivity index (χ2n) is 8.47. The van der Waals surface area contributed by atoms with Crippen LogP contribution in [0.1, 0.15) is 22.5 Å². The van der Waals surface area contributed by atoms with E-state index in [0.717, 1.165) is 33.3 Å². The molecule has 0 unspecified atom stereocenters. The molecule has 35 heavy (non-hydrogen) atoms. The maximum Gasteiger partial charge on any atom is 0.251 e. The average Bonchev–Trinajstić information content (AvgIpc) is 3.32. The lowest BCUT2D eigenvalue weighted by molar-refractivity contribution is 0.579. The molecule has 0 saturated heterocycles. The number of hydrogen-bond donors (Lipinski definition) is 1. The fourth-order valence-electron chi connectivity index (χ4n) is 4.46. The molecule has 0 aliphatic rings. The van der Waals surface area contributed by atoms with Crippen LogP contribution in [0.4, 0.5) is 0 Å². The van der Waals surface area contributed by atoms with E-state index in [-0.39, 0.29) is 5.56 Å². The average molecular weight is 480 g/mol. The van der Waals surface area contributed by atoms with Gasteiger partial charge in [0, 0.05) is 36.1 Å². The number of imidazole rings is 1. The summed E-state index contributed by atoms with van der Waals surface area (Å²) in [5.41, 5.74) is 11.1. The summed E-state index contributed by atoms with van der Waals surface area (Å²) in [6.07, 6.45) is 10.8. The van der Waals surface area contributed by atoms with Crippen LogP contribution in [0.25, 0.3) is 22.0 Å². The zero-order valence-corrected chi connectivity index (χ0v) is 20.0. The predicted octanol–water partition coefficient (Wildman–Crippen LogP) is 4.22. The van der Waals surface area contributed by atoms with Crippen LogP contribution < -0.4 is 11.3 Å². The first kappa shape index (κ1) is 22.6. The summed E-state index contributed by atoms with van der Waals surface area (Å²) in [6, 6.07) is 18.5. The molecule has 1 atom stereocenters. The third-order valence-corrected chi connectivity index (χ3v) is 6.65. The summed E-state index contributed by atoms with van der Waals surface area (Å²) in [6.45, 7) is 0. The predicted molar refractivity (Wildman–Crippen MR) is 139 cm³/mol. The Kier molecular flexibility index (Phi) is 5.52. The number of halogens is 1. The Morgan fingerprint density at radius 3 is 2.51 bits per heavy atom. The van der Waals surface area contributed by atoms with Crippen molar-refractivity contribution in [2.45, 2.75) is 5.54 Å². The Bertz CT molecular complexity index is 1680. The number of terminal acetylenes is 1. The van der Waals surface area contributed by atoms with Crippen LogP contribution in [0.5, 0.6) is 0 Å². The zero-order chi connectivity index (χ0) is 24.7. The molecule has 0 bridgehead atoms. The highest BCUT2D eigenvalue weighted by atomic mass is 35.5. The Hall–Kier alpha value is -4.18. The van der Waals surface area contributed by atoms with E-state index in [1.807, 2.05) is 54.1 Å². The van der Waals surface area contributed by atoms with Gasteiger partial charge in [-0.05, 0) is 47.0 Å². The lowest BCUT2D eigenvalue weighted by Gasteiger charge is -2.30. The molecule has 0 aliphatic heterocycles. The lowest BCUT2D eigenvalue weighted by atomic mass is 9.83. The van der Waals surface area contributed by atoms with Gasteiger partial charge in [-0.25, -0.2) is 4.98 Å². The van der Waals surface area contributed by atoms with E-state index < -0.39 is 5.54 Å². The number of rotatable bonds is 4. The van der Waals surface area contributed by atoms with E-state index in [2.05, 4.69) is 10.9 Å². The van der Waals surface area contributed by atoms with Gasteiger partial charge >= 0.3 is 0 Å². The molecule has 5 rings (SSSR count). The first-order valence-corrected chi connectivity index (χ1v) is 11.3. The van der Waals surface area contributed by atoms with E-state index in [1.54, 1.807) is 48.5 Å². The van der Waals surface area contributed by atoms with Gasteiger partial charge in [0.2, 0.25) is 0 Å². The van der Waals surface area contributed by atoms with Crippen LogP contribution in [-0.4, -0.2) is 19.1 Å². The molecule has 6 nitrogen and oxygen atoms in total. The second-order valence-corrected chi connectivity index (χ2v) is 8.91. The monoisotopic (exact) mass is 479 g/mol. The Labute approximate surface area is 207 Å². The molecule has 0 amide bonds. The lowest BCUT2D eigenvalue weighted by Crippen LogP contribution is -2.41. The van der Waals surface area contributed by atoms with Crippen molar-refractivity contribution in [1.82, 2.24) is 19.1 Å². The third-order valence-electron chi connectivity index (χ3n) is 6.40. The second kappa shape index (κ2) is 8.55. The largest absolute Gasteiger partial charge is 0.335 e. The number of fused-ring (bicyclic) bond motifs is 1. The summed E-state index contributed by atoms with van der Waals surface area (Å²) >= 11 is 6.17. The summed E-state index contributed by atoms with van der Waals surface area (Å²) in [7, 11) is 3.62. The van der Waals surface area contributed by atoms with E-state index in [4.69, 9.17) is 28.7 Å². The molecule has 0 fully saturated rings. The summed E-state index contributed by atoms with van der Waals surface area (Å²) < 4.78 is 3.45. The summed E-state index contributed by atoms with van der Waals surface area (Å²) in [5.74, 6) is 2.66. The number of benzene rings is 2. The Morgan fingerprint density at radius 1 is 1.06 bits per heavy atom. The molecular formula is C28H22ClN5O. The van der Waals surface area contributed by atoms with Crippen molar-refractivity contribution in [3.8, 4) is 23.5 Å². The highest BCUT2D eigenvalue weighted by Crippen LogP contribution is 2.36. The fraction of sp³-hybridized carbons (Fsp3) is 0.107. The van der Waals surface area contributed by atoms with Crippen LogP contribution in [-0.2, 0) is 19.6 Å². The minimum absolute atomic E-state index is 0.142. The van der Waals surface area contributed by atoms with Crippen molar-refractivity contribution >= 4 is 22.5 Å². The molecule has 0 radical (unpaired) electrons. The van der Waals surface area contributed by atoms with Gasteiger partial charge in [0.25, 0.3) is 5.56 Å². The van der Waals surface area contributed by atoms with Crippen molar-refractivity contribution in [2.24, 2.45) is 19.8 Å². The molecule has 0 spiro atoms. The van der Waals surface area contributed by atoms with Gasteiger partial charge in [0.05, 0.1) is 35.6 Å². The smallest absolute Gasteiger partial charge is 0.251 e. The molecule has 2 N–H and O–H groups in total. The zero-order valence-electron chi connectivity index (χ0n) is 19.2. The summed E-state index contributed by atoms with van der Waals surface area (Å²) in [5, 5.41) is 1.44. The molecule has 3 heterocycles. The van der Waals surface area contributed by atoms with Gasteiger partial charge in [-0.1, -0.05) is 41.8 Å². The van der Waals surface area contributed by atoms with Crippen LogP contribution in [0.2, 0.25) is 5.02 Å². The van der Waals surface area contributed by atoms with Gasteiger partial charge in [0.1, 0.15) is 5.54 Å². The number of pyridine rings is 2. The highest BCUT2D eigenvalue weighted by Gasteiger charge is 2.36. The van der Waals surface area contributed by atoms with Crippen LogP contribution in [0.15, 0.2) is 84.2 Å². The molecule has 0 saturated carbocycles. The SMILES string of the molecule is C#Cc1cccc(-c2cc(=O)n(C)c3cnc([C@](N)(c4ccc(Cl)cc4)c4cncn4C)cc23)c1. The highest BCUT2D eigenvalue weighted by molar-refractivity contribution is 6.30. The number of aromatic nitrogens is 4. The molecular weight excluding hydrogens is 458 g/mol. The van der Waals surface area contributed by atoms with Gasteiger partial charge in [-0.15, -0.1) is 6.42 Å². The third kappa shape index (κ3) is 3.71. The van der Waals surface area contributed by atoms with Gasteiger partial charge in [-0.3, -0.25) is 9.78 Å². The van der Waals surface area contributed by atoms with Gasteiger partial charge in [-0.2, -0.15) is 0 Å². The molecule has 0 aliphatic carbocycles. The minimum atomic E-state index is -1.13. The Morgan fingerprint density at radius 2 is 1.83 bits per heavy atom. The number of aryl methyl sites for hydroxylation is 2. The van der Waals surface area contributed by atoms with Crippen LogP contribution >= 0.6 is 11.6 Å². The standard InChI is InChI=1S/C28H22ClN5O/c1-4-18-6-5-7-19(12-18)22-14-27(35)34(3)24-15-32-25(13-23(22)24)28(30,26-16-31-17-33(26)2)20-8-10-21(29)11-9-20/h1,5-17H,30H2,2-3H3/t28-/m1/s1. The van der Waals surface area contributed by atoms with Gasteiger partial charge in [0.15, 0.2) is 0 Å². The van der Waals surface area contributed by atoms with Crippen LogP contribution in [0, 0.1) is 12.3 Å². The first-order chi connectivity index (χ1) is 16.8. The fourth-order valence-corrected chi connectivity index (χ4v) is 4.58. The van der Waals surface area contributed by atoms with E-state index in [1.165, 1.54) is 0 Å². The molecule has 3 aromatic heterocycles. The normalized spacial score (nSPS) is 12.9. The minimum Gasteiger partial charge on any atom is -0.335 e. The molecule has 7 heteroatoms. The number of hydrogen-bond acceptors (Lipinski definition) is 4. The van der Waals surface area contributed by atoms with Crippen LogP contribution in [0.3, 0.4) is 0 Å². The molecule has 5 aromatic rings. The van der Waals surface area contributed by atoms with Crippen molar-refractivity contribution < 1.29 is 0 Å². The van der Waals surface area contributed by atoms with Crippen molar-refractivity contribution in [2.75, 3.05) is 0 Å². The summed E-state index contributed by atoms with van der Waals surface area (Å²) in [4.78, 5) is 21.8. The Balaban J connectivity index is 1.84. The van der Waals surface area contributed by atoms with E-state index >= 15 is 0 Å². The van der Waals surface area contributed by atoms with Crippen molar-refractivity contribution in [3.63, 3.8) is 0 Å². The number of nitrogens with two attached hydrogens (primary N) is 1.